The number of nitrogens with zero attached hydrogens (tertiary/aromatic N) is 2. The maximum Gasteiger partial charge on any atom is 0.253 e. The van der Waals surface area contributed by atoms with Crippen molar-refractivity contribution in [3.8, 4) is 0 Å². The van der Waals surface area contributed by atoms with Gasteiger partial charge in [0, 0.05) is 38.7 Å². The van der Waals surface area contributed by atoms with E-state index in [0.717, 1.165) is 11.3 Å². The predicted octanol–water partition coefficient (Wildman–Crippen LogP) is 2.08. The quantitative estimate of drug-likeness (QED) is 0.909. The summed E-state index contributed by atoms with van der Waals surface area (Å²) in [6.07, 6.45) is 3.21. The molecule has 0 atom stereocenters. The number of rotatable bonds is 4. The van der Waals surface area contributed by atoms with Gasteiger partial charge in [0.2, 0.25) is 0 Å². The molecule has 2 aromatic rings. The molecule has 19 heavy (non-hydrogen) atoms. The van der Waals surface area contributed by atoms with Gasteiger partial charge in [0.05, 0.1) is 5.56 Å². The Labute approximate surface area is 113 Å². The molecule has 0 aliphatic rings. The van der Waals surface area contributed by atoms with Crippen molar-refractivity contribution < 1.29 is 4.79 Å². The van der Waals surface area contributed by atoms with Crippen molar-refractivity contribution in [1.29, 1.82) is 0 Å². The zero-order chi connectivity index (χ0) is 13.7. The van der Waals surface area contributed by atoms with E-state index in [1.54, 1.807) is 24.5 Å². The number of pyridine rings is 1. The summed E-state index contributed by atoms with van der Waals surface area (Å²) >= 11 is 0. The van der Waals surface area contributed by atoms with Crippen molar-refractivity contribution in [2.75, 3.05) is 19.0 Å². The topological polar surface area (TPSA) is 45.2 Å². The molecule has 1 amide bonds. The Kier molecular flexibility index (Phi) is 4.13. The maximum absolute atomic E-state index is 11.9. The minimum atomic E-state index is -0.108. The van der Waals surface area contributed by atoms with Gasteiger partial charge < -0.3 is 10.2 Å². The molecule has 0 spiro atoms. The minimum Gasteiger partial charge on any atom is -0.378 e. The molecule has 0 radical (unpaired) electrons. The third-order valence-corrected chi connectivity index (χ3v) is 2.80. The number of carbonyl (C=O) groups is 1. The lowest BCUT2D eigenvalue weighted by atomic mass is 10.2. The molecule has 1 aromatic carbocycles. The third-order valence-electron chi connectivity index (χ3n) is 2.80. The summed E-state index contributed by atoms with van der Waals surface area (Å²) in [6.45, 7) is 0.509. The molecule has 0 aliphatic carbocycles. The smallest absolute Gasteiger partial charge is 0.253 e. The third kappa shape index (κ3) is 3.55. The Morgan fingerprint density at radius 1 is 1.26 bits per heavy atom. The van der Waals surface area contributed by atoms with Crippen LogP contribution in [-0.4, -0.2) is 25.0 Å². The van der Waals surface area contributed by atoms with Crippen LogP contribution in [0.15, 0.2) is 48.8 Å². The molecular weight excluding hydrogens is 238 g/mol. The van der Waals surface area contributed by atoms with Crippen LogP contribution in [-0.2, 0) is 6.54 Å². The van der Waals surface area contributed by atoms with Crippen molar-refractivity contribution in [2.45, 2.75) is 6.54 Å². The molecule has 98 valence electrons. The summed E-state index contributed by atoms with van der Waals surface area (Å²) in [6, 6.07) is 11.6. The Hall–Kier alpha value is -2.36. The molecule has 4 nitrogen and oxygen atoms in total. The van der Waals surface area contributed by atoms with Crippen molar-refractivity contribution in [3.63, 3.8) is 0 Å². The first kappa shape index (κ1) is 13.1. The summed E-state index contributed by atoms with van der Waals surface area (Å²) in [5, 5.41) is 2.88. The van der Waals surface area contributed by atoms with Gasteiger partial charge in [0.1, 0.15) is 0 Å². The summed E-state index contributed by atoms with van der Waals surface area (Å²) < 4.78 is 0. The molecule has 1 aromatic heterocycles. The van der Waals surface area contributed by atoms with E-state index in [1.165, 1.54) is 0 Å². The van der Waals surface area contributed by atoms with Crippen molar-refractivity contribution in [1.82, 2.24) is 10.3 Å². The second-order valence-corrected chi connectivity index (χ2v) is 4.49. The molecule has 4 heteroatoms. The summed E-state index contributed by atoms with van der Waals surface area (Å²) in [7, 11) is 3.99. The number of aromatic nitrogens is 1. The van der Waals surface area contributed by atoms with Crippen LogP contribution in [0, 0.1) is 0 Å². The highest BCUT2D eigenvalue weighted by molar-refractivity contribution is 5.93. The highest BCUT2D eigenvalue weighted by Crippen LogP contribution is 2.13. The van der Waals surface area contributed by atoms with Gasteiger partial charge in [-0.2, -0.15) is 0 Å². The monoisotopic (exact) mass is 255 g/mol. The first-order valence-corrected chi connectivity index (χ1v) is 6.11. The van der Waals surface area contributed by atoms with Crippen LogP contribution < -0.4 is 10.2 Å². The van der Waals surface area contributed by atoms with Gasteiger partial charge in [-0.1, -0.05) is 12.1 Å². The molecule has 0 unspecified atom stereocenters. The molecule has 0 saturated heterocycles. The summed E-state index contributed by atoms with van der Waals surface area (Å²) in [4.78, 5) is 17.8. The van der Waals surface area contributed by atoms with E-state index in [2.05, 4.69) is 16.4 Å². The molecular formula is C15H17N3O. The Bertz CT molecular complexity index is 552. The Morgan fingerprint density at radius 2 is 2.11 bits per heavy atom. The van der Waals surface area contributed by atoms with Gasteiger partial charge in [-0.25, -0.2) is 0 Å². The molecule has 1 N–H and O–H groups in total. The van der Waals surface area contributed by atoms with E-state index in [-0.39, 0.29) is 5.91 Å². The van der Waals surface area contributed by atoms with Crippen molar-refractivity contribution >= 4 is 11.6 Å². The molecule has 0 aliphatic heterocycles. The van der Waals surface area contributed by atoms with E-state index in [0.29, 0.717) is 12.1 Å². The Morgan fingerprint density at radius 3 is 2.79 bits per heavy atom. The molecule has 0 saturated carbocycles. The minimum absolute atomic E-state index is 0.108. The first-order valence-electron chi connectivity index (χ1n) is 6.11. The number of hydrogen-bond donors (Lipinski definition) is 1. The predicted molar refractivity (Wildman–Crippen MR) is 76.2 cm³/mol. The summed E-state index contributed by atoms with van der Waals surface area (Å²) in [5.74, 6) is -0.108. The molecule has 1 heterocycles. The molecule has 0 bridgehead atoms. The van der Waals surface area contributed by atoms with E-state index >= 15 is 0 Å². The number of anilines is 1. The van der Waals surface area contributed by atoms with Gasteiger partial charge in [0.15, 0.2) is 0 Å². The second-order valence-electron chi connectivity index (χ2n) is 4.49. The lowest BCUT2D eigenvalue weighted by molar-refractivity contribution is 0.0950. The Balaban J connectivity index is 1.99. The fourth-order valence-electron chi connectivity index (χ4n) is 1.73. The SMILES string of the molecule is CN(C)c1cccc(CNC(=O)c2cccnc2)c1. The average Bonchev–Trinajstić information content (AvgIpc) is 2.46. The van der Waals surface area contributed by atoms with Crippen LogP contribution in [0.3, 0.4) is 0 Å². The van der Waals surface area contributed by atoms with E-state index in [1.807, 2.05) is 37.2 Å². The van der Waals surface area contributed by atoms with Gasteiger partial charge in [-0.05, 0) is 29.8 Å². The maximum atomic E-state index is 11.9. The molecule has 0 fully saturated rings. The standard InChI is InChI=1S/C15H17N3O/c1-18(2)14-7-3-5-12(9-14)10-17-15(19)13-6-4-8-16-11-13/h3-9,11H,10H2,1-2H3,(H,17,19). The van der Waals surface area contributed by atoms with Gasteiger partial charge in [-0.15, -0.1) is 0 Å². The van der Waals surface area contributed by atoms with E-state index in [9.17, 15) is 4.79 Å². The normalized spacial score (nSPS) is 10.0. The fraction of sp³-hybridized carbons (Fsp3) is 0.200. The fourth-order valence-corrected chi connectivity index (χ4v) is 1.73. The summed E-state index contributed by atoms with van der Waals surface area (Å²) in [5.41, 5.74) is 2.77. The number of hydrogen-bond acceptors (Lipinski definition) is 3. The van der Waals surface area contributed by atoms with Crippen LogP contribution in [0.4, 0.5) is 5.69 Å². The van der Waals surface area contributed by atoms with Crippen LogP contribution >= 0.6 is 0 Å². The van der Waals surface area contributed by atoms with Crippen LogP contribution in [0.5, 0.6) is 0 Å². The zero-order valence-corrected chi connectivity index (χ0v) is 11.1. The largest absolute Gasteiger partial charge is 0.378 e. The van der Waals surface area contributed by atoms with Crippen LogP contribution in [0.1, 0.15) is 15.9 Å². The lowest BCUT2D eigenvalue weighted by Gasteiger charge is -2.13. The first-order chi connectivity index (χ1) is 9.16. The highest BCUT2D eigenvalue weighted by Gasteiger charge is 2.05. The van der Waals surface area contributed by atoms with E-state index < -0.39 is 0 Å². The second kappa shape index (κ2) is 6.00. The van der Waals surface area contributed by atoms with Gasteiger partial charge in [-0.3, -0.25) is 9.78 Å². The number of carbonyl (C=O) groups excluding carboxylic acids is 1. The average molecular weight is 255 g/mol. The molecule has 2 rings (SSSR count). The van der Waals surface area contributed by atoms with Crippen molar-refractivity contribution in [3.05, 3.63) is 59.9 Å². The van der Waals surface area contributed by atoms with Gasteiger partial charge >= 0.3 is 0 Å². The van der Waals surface area contributed by atoms with Crippen LogP contribution in [0.2, 0.25) is 0 Å². The highest BCUT2D eigenvalue weighted by atomic mass is 16.1. The van der Waals surface area contributed by atoms with Crippen LogP contribution in [0.25, 0.3) is 0 Å². The van der Waals surface area contributed by atoms with E-state index in [4.69, 9.17) is 0 Å². The lowest BCUT2D eigenvalue weighted by Crippen LogP contribution is -2.23. The number of nitrogens with one attached hydrogen (secondary N) is 1. The zero-order valence-electron chi connectivity index (χ0n) is 11.1. The van der Waals surface area contributed by atoms with Gasteiger partial charge in [0.25, 0.3) is 5.91 Å². The van der Waals surface area contributed by atoms with Crippen molar-refractivity contribution in [2.24, 2.45) is 0 Å². The number of benzene rings is 1. The number of amides is 1.